The van der Waals surface area contributed by atoms with Crippen molar-refractivity contribution in [1.82, 2.24) is 10.6 Å². The van der Waals surface area contributed by atoms with E-state index in [2.05, 4.69) is 10.6 Å². The molecule has 6 nitrogen and oxygen atoms in total. The predicted octanol–water partition coefficient (Wildman–Crippen LogP) is 0.697. The lowest BCUT2D eigenvalue weighted by Gasteiger charge is -2.20. The smallest absolute Gasteiger partial charge is 0.322 e. The molecule has 0 aromatic heterocycles. The third-order valence-corrected chi connectivity index (χ3v) is 5.07. The number of carboxylic acid groups (broad SMARTS) is 1. The second-order valence-corrected chi connectivity index (χ2v) is 7.64. The maximum atomic E-state index is 12.1. The highest BCUT2D eigenvalue weighted by atomic mass is 32.2. The third kappa shape index (κ3) is 3.79. The van der Waals surface area contributed by atoms with E-state index in [9.17, 15) is 14.7 Å². The summed E-state index contributed by atoms with van der Waals surface area (Å²) in [5.74, 6) is -1.16. The molecule has 1 unspecified atom stereocenters. The lowest BCUT2D eigenvalue weighted by atomic mass is 10.0. The molecular formula is C15H21N3O3S. The van der Waals surface area contributed by atoms with Crippen LogP contribution in [0.25, 0.3) is 0 Å². The molecule has 0 bridgehead atoms. The molecule has 1 aromatic rings. The first kappa shape index (κ1) is 16.8. The van der Waals surface area contributed by atoms with Gasteiger partial charge in [-0.3, -0.25) is 14.9 Å². The Bertz CT molecular complexity index is 550. The Morgan fingerprint density at radius 2 is 2.05 bits per heavy atom. The van der Waals surface area contributed by atoms with Crippen LogP contribution >= 0.6 is 11.8 Å². The maximum absolute atomic E-state index is 12.1. The van der Waals surface area contributed by atoms with Crippen molar-refractivity contribution in [3.8, 4) is 0 Å². The van der Waals surface area contributed by atoms with Gasteiger partial charge in [0.1, 0.15) is 12.1 Å². The number of aliphatic carboxylic acids is 1. The van der Waals surface area contributed by atoms with Gasteiger partial charge in [0.2, 0.25) is 5.91 Å². The van der Waals surface area contributed by atoms with Gasteiger partial charge in [-0.05, 0) is 19.4 Å². The van der Waals surface area contributed by atoms with Crippen molar-refractivity contribution in [3.05, 3.63) is 35.9 Å². The number of thioether (sulfide) groups is 1. The van der Waals surface area contributed by atoms with Crippen LogP contribution in [0.4, 0.5) is 0 Å². The number of amides is 1. The van der Waals surface area contributed by atoms with Crippen LogP contribution in [0.1, 0.15) is 25.5 Å². The molecule has 1 saturated heterocycles. The summed E-state index contributed by atoms with van der Waals surface area (Å²) in [6.45, 7) is 4.08. The Hall–Kier alpha value is -1.57. The number of carboxylic acids is 1. The minimum absolute atomic E-state index is 0.150. The molecule has 7 heteroatoms. The molecule has 0 aliphatic carbocycles. The van der Waals surface area contributed by atoms with Crippen molar-refractivity contribution in [3.63, 3.8) is 0 Å². The van der Waals surface area contributed by atoms with Gasteiger partial charge in [0.05, 0.1) is 5.37 Å². The Kier molecular flexibility index (Phi) is 5.10. The quantitative estimate of drug-likeness (QED) is 0.636. The first-order valence-electron chi connectivity index (χ1n) is 7.06. The zero-order chi connectivity index (χ0) is 16.3. The second kappa shape index (κ2) is 6.68. The number of carbonyl (C=O) groups is 2. The molecule has 0 spiro atoms. The van der Waals surface area contributed by atoms with Gasteiger partial charge in [0.25, 0.3) is 0 Å². The lowest BCUT2D eigenvalue weighted by molar-refractivity contribution is -0.139. The van der Waals surface area contributed by atoms with E-state index in [1.165, 1.54) is 11.8 Å². The van der Waals surface area contributed by atoms with Gasteiger partial charge in [-0.25, -0.2) is 0 Å². The number of nitrogens with one attached hydrogen (secondary N) is 2. The number of hydrogen-bond acceptors (Lipinski definition) is 5. The van der Waals surface area contributed by atoms with Crippen LogP contribution in [0.5, 0.6) is 0 Å². The highest BCUT2D eigenvalue weighted by Crippen LogP contribution is 2.37. The molecular weight excluding hydrogens is 302 g/mol. The Morgan fingerprint density at radius 1 is 1.41 bits per heavy atom. The van der Waals surface area contributed by atoms with Gasteiger partial charge in [-0.15, -0.1) is 11.8 Å². The Labute approximate surface area is 133 Å². The summed E-state index contributed by atoms with van der Waals surface area (Å²) in [7, 11) is 0. The van der Waals surface area contributed by atoms with Crippen LogP contribution in [-0.2, 0) is 9.59 Å². The first-order chi connectivity index (χ1) is 10.3. The Morgan fingerprint density at radius 3 is 2.59 bits per heavy atom. The average molecular weight is 323 g/mol. The number of carbonyl (C=O) groups excluding carboxylic acids is 1. The van der Waals surface area contributed by atoms with Crippen molar-refractivity contribution in [1.29, 1.82) is 0 Å². The SMILES string of the molecule is CC1(C)SC(CNC(=O)[C@H](N)c2ccccc2)N[C@H]1C(=O)O. The molecule has 1 amide bonds. The fraction of sp³-hybridized carbons (Fsp3) is 0.467. The number of benzene rings is 1. The van der Waals surface area contributed by atoms with E-state index in [1.807, 2.05) is 32.0 Å². The van der Waals surface area contributed by atoms with E-state index in [4.69, 9.17) is 5.73 Å². The summed E-state index contributed by atoms with van der Waals surface area (Å²) in [6.07, 6.45) is 0. The molecule has 3 atom stereocenters. The van der Waals surface area contributed by atoms with E-state index in [-0.39, 0.29) is 11.3 Å². The van der Waals surface area contributed by atoms with E-state index in [1.54, 1.807) is 12.1 Å². The largest absolute Gasteiger partial charge is 0.480 e. The van der Waals surface area contributed by atoms with Crippen LogP contribution in [-0.4, -0.2) is 39.7 Å². The van der Waals surface area contributed by atoms with Crippen LogP contribution in [0, 0.1) is 0 Å². The molecule has 120 valence electrons. The third-order valence-electron chi connectivity index (χ3n) is 3.64. The summed E-state index contributed by atoms with van der Waals surface area (Å²) in [5, 5.41) is 14.9. The number of hydrogen-bond donors (Lipinski definition) is 4. The minimum atomic E-state index is -0.882. The zero-order valence-electron chi connectivity index (χ0n) is 12.6. The Balaban J connectivity index is 1.89. The van der Waals surface area contributed by atoms with Crippen molar-refractivity contribution >= 4 is 23.6 Å². The van der Waals surface area contributed by atoms with Gasteiger partial charge in [-0.2, -0.15) is 0 Å². The van der Waals surface area contributed by atoms with Gasteiger partial charge in [-0.1, -0.05) is 30.3 Å². The van der Waals surface area contributed by atoms with Crippen LogP contribution in [0.15, 0.2) is 30.3 Å². The molecule has 5 N–H and O–H groups in total. The summed E-state index contributed by atoms with van der Waals surface area (Å²) >= 11 is 1.51. The maximum Gasteiger partial charge on any atom is 0.322 e. The monoisotopic (exact) mass is 323 g/mol. The van der Waals surface area contributed by atoms with Crippen molar-refractivity contribution in [2.75, 3.05) is 6.54 Å². The molecule has 1 heterocycles. The predicted molar refractivity (Wildman–Crippen MR) is 86.4 cm³/mol. The molecule has 2 rings (SSSR count). The first-order valence-corrected chi connectivity index (χ1v) is 7.94. The van der Waals surface area contributed by atoms with Gasteiger partial charge in [0.15, 0.2) is 0 Å². The van der Waals surface area contributed by atoms with E-state index >= 15 is 0 Å². The summed E-state index contributed by atoms with van der Waals surface area (Å²) in [4.78, 5) is 23.3. The fourth-order valence-electron chi connectivity index (χ4n) is 2.44. The van der Waals surface area contributed by atoms with E-state index in [0.717, 1.165) is 5.56 Å². The lowest BCUT2D eigenvalue weighted by Crippen LogP contribution is -2.47. The molecule has 1 aliphatic heterocycles. The molecule has 0 saturated carbocycles. The fourth-order valence-corrected chi connectivity index (χ4v) is 3.85. The molecule has 0 radical (unpaired) electrons. The molecule has 1 fully saturated rings. The van der Waals surface area contributed by atoms with E-state index in [0.29, 0.717) is 6.54 Å². The van der Waals surface area contributed by atoms with Gasteiger partial charge < -0.3 is 16.2 Å². The highest BCUT2D eigenvalue weighted by molar-refractivity contribution is 8.01. The number of rotatable bonds is 5. The van der Waals surface area contributed by atoms with Crippen LogP contribution in [0.2, 0.25) is 0 Å². The molecule has 1 aromatic carbocycles. The van der Waals surface area contributed by atoms with Gasteiger partial charge in [0, 0.05) is 11.3 Å². The zero-order valence-corrected chi connectivity index (χ0v) is 13.4. The summed E-state index contributed by atoms with van der Waals surface area (Å²) in [5.41, 5.74) is 6.66. The highest BCUT2D eigenvalue weighted by Gasteiger charge is 2.45. The standard InChI is InChI=1S/C15H21N3O3S/c1-15(2)12(14(20)21)18-10(22-15)8-17-13(19)11(16)9-6-4-3-5-7-9/h3-7,10-12,18H,8,16H2,1-2H3,(H,17,19)(H,20,21)/t10?,11-,12+/m1/s1. The molecule has 22 heavy (non-hydrogen) atoms. The van der Waals surface area contributed by atoms with Gasteiger partial charge >= 0.3 is 5.97 Å². The number of nitrogens with two attached hydrogens (primary N) is 1. The topological polar surface area (TPSA) is 104 Å². The average Bonchev–Trinajstić information content (AvgIpc) is 2.80. The van der Waals surface area contributed by atoms with Crippen molar-refractivity contribution in [2.24, 2.45) is 5.73 Å². The van der Waals surface area contributed by atoms with Crippen LogP contribution < -0.4 is 16.4 Å². The van der Waals surface area contributed by atoms with E-state index < -0.39 is 22.8 Å². The normalized spacial score (nSPS) is 24.7. The summed E-state index contributed by atoms with van der Waals surface area (Å²) < 4.78 is -0.428. The van der Waals surface area contributed by atoms with Crippen LogP contribution in [0.3, 0.4) is 0 Å². The summed E-state index contributed by atoms with van der Waals surface area (Å²) in [6, 6.07) is 7.76. The minimum Gasteiger partial charge on any atom is -0.480 e. The molecule has 1 aliphatic rings. The van der Waals surface area contributed by atoms with Crippen molar-refractivity contribution < 1.29 is 14.7 Å². The second-order valence-electron chi connectivity index (χ2n) is 5.78. The van der Waals surface area contributed by atoms with Crippen molar-refractivity contribution in [2.45, 2.75) is 36.1 Å².